The van der Waals surface area contributed by atoms with E-state index in [2.05, 4.69) is 15.0 Å². The number of nitrogens with zero attached hydrogens (tertiary/aromatic N) is 4. The van der Waals surface area contributed by atoms with Crippen molar-refractivity contribution in [3.63, 3.8) is 0 Å². The van der Waals surface area contributed by atoms with Gasteiger partial charge in [-0.2, -0.15) is 0 Å². The summed E-state index contributed by atoms with van der Waals surface area (Å²) in [6.45, 7) is 2.05. The zero-order chi connectivity index (χ0) is 12.4. The SMILES string of the molecule is Cc1ccnc(-n2ccnc2-c2cccnc2)c1. The van der Waals surface area contributed by atoms with Gasteiger partial charge in [0.05, 0.1) is 0 Å². The van der Waals surface area contributed by atoms with Crippen LogP contribution in [0.1, 0.15) is 5.56 Å². The number of aromatic nitrogens is 4. The lowest BCUT2D eigenvalue weighted by atomic mass is 10.2. The second-order valence-electron chi connectivity index (χ2n) is 4.05. The Kier molecular flexibility index (Phi) is 2.61. The second kappa shape index (κ2) is 4.41. The maximum Gasteiger partial charge on any atom is 0.147 e. The molecule has 4 nitrogen and oxygen atoms in total. The van der Waals surface area contributed by atoms with Gasteiger partial charge in [0.15, 0.2) is 0 Å². The van der Waals surface area contributed by atoms with Gasteiger partial charge < -0.3 is 0 Å². The minimum absolute atomic E-state index is 0.848. The number of pyridine rings is 2. The minimum Gasteiger partial charge on any atom is -0.284 e. The third-order valence-electron chi connectivity index (χ3n) is 2.71. The van der Waals surface area contributed by atoms with Crippen LogP contribution in [0, 0.1) is 6.92 Å². The van der Waals surface area contributed by atoms with E-state index in [9.17, 15) is 0 Å². The number of aryl methyl sites for hydroxylation is 1. The Morgan fingerprint density at radius 2 is 2.00 bits per heavy atom. The molecule has 0 fully saturated rings. The standard InChI is InChI=1S/C14H12N4/c1-11-4-6-16-13(9-11)18-8-7-17-14(18)12-3-2-5-15-10-12/h2-10H,1H3. The van der Waals surface area contributed by atoms with Crippen LogP contribution in [0.4, 0.5) is 0 Å². The molecule has 0 spiro atoms. The van der Waals surface area contributed by atoms with Crippen LogP contribution < -0.4 is 0 Å². The summed E-state index contributed by atoms with van der Waals surface area (Å²) in [6.07, 6.45) is 9.03. The van der Waals surface area contributed by atoms with E-state index in [1.807, 2.05) is 42.0 Å². The summed E-state index contributed by atoms with van der Waals surface area (Å²) in [5.41, 5.74) is 2.15. The molecule has 0 atom stereocenters. The molecule has 3 aromatic rings. The number of hydrogen-bond donors (Lipinski definition) is 0. The van der Waals surface area contributed by atoms with Gasteiger partial charge in [-0.05, 0) is 36.8 Å². The van der Waals surface area contributed by atoms with Crippen molar-refractivity contribution < 1.29 is 0 Å². The zero-order valence-corrected chi connectivity index (χ0v) is 9.99. The average molecular weight is 236 g/mol. The Labute approximate surface area is 105 Å². The molecule has 0 saturated heterocycles. The average Bonchev–Trinajstić information content (AvgIpc) is 2.89. The Balaban J connectivity index is 2.13. The van der Waals surface area contributed by atoms with Gasteiger partial charge >= 0.3 is 0 Å². The molecule has 0 saturated carbocycles. The highest BCUT2D eigenvalue weighted by Gasteiger charge is 2.08. The van der Waals surface area contributed by atoms with E-state index >= 15 is 0 Å². The normalized spacial score (nSPS) is 10.5. The van der Waals surface area contributed by atoms with E-state index in [0.29, 0.717) is 0 Å². The molecule has 4 heteroatoms. The van der Waals surface area contributed by atoms with Crippen LogP contribution in [-0.4, -0.2) is 19.5 Å². The highest BCUT2D eigenvalue weighted by molar-refractivity contribution is 5.56. The Bertz CT molecular complexity index is 658. The van der Waals surface area contributed by atoms with Crippen molar-refractivity contribution in [3.05, 3.63) is 60.8 Å². The predicted molar refractivity (Wildman–Crippen MR) is 69.3 cm³/mol. The van der Waals surface area contributed by atoms with Crippen LogP contribution in [0.5, 0.6) is 0 Å². The smallest absolute Gasteiger partial charge is 0.147 e. The molecule has 3 aromatic heterocycles. The lowest BCUT2D eigenvalue weighted by Crippen LogP contribution is -1.99. The molecule has 3 rings (SSSR count). The molecule has 0 aliphatic heterocycles. The van der Waals surface area contributed by atoms with Crippen molar-refractivity contribution >= 4 is 0 Å². The van der Waals surface area contributed by atoms with E-state index in [4.69, 9.17) is 0 Å². The van der Waals surface area contributed by atoms with Gasteiger partial charge in [0.25, 0.3) is 0 Å². The molecule has 0 aliphatic carbocycles. The van der Waals surface area contributed by atoms with Gasteiger partial charge in [-0.1, -0.05) is 0 Å². The van der Waals surface area contributed by atoms with Gasteiger partial charge in [0.1, 0.15) is 11.6 Å². The first-order chi connectivity index (χ1) is 8.84. The fourth-order valence-corrected chi connectivity index (χ4v) is 1.85. The molecule has 0 N–H and O–H groups in total. The van der Waals surface area contributed by atoms with E-state index in [1.165, 1.54) is 5.56 Å². The summed E-state index contributed by atoms with van der Waals surface area (Å²) in [5.74, 6) is 1.72. The summed E-state index contributed by atoms with van der Waals surface area (Å²) in [4.78, 5) is 12.9. The van der Waals surface area contributed by atoms with Crippen molar-refractivity contribution in [2.75, 3.05) is 0 Å². The highest BCUT2D eigenvalue weighted by Crippen LogP contribution is 2.19. The molecular weight excluding hydrogens is 224 g/mol. The predicted octanol–water partition coefficient (Wildman–Crippen LogP) is 2.64. The van der Waals surface area contributed by atoms with Gasteiger partial charge in [-0.15, -0.1) is 0 Å². The third kappa shape index (κ3) is 1.88. The van der Waals surface area contributed by atoms with Crippen LogP contribution in [0.3, 0.4) is 0 Å². The molecule has 3 heterocycles. The molecule has 0 aromatic carbocycles. The molecule has 0 unspecified atom stereocenters. The summed E-state index contributed by atoms with van der Waals surface area (Å²) in [6, 6.07) is 7.89. The van der Waals surface area contributed by atoms with Crippen LogP contribution in [-0.2, 0) is 0 Å². The van der Waals surface area contributed by atoms with Crippen LogP contribution in [0.25, 0.3) is 17.2 Å². The number of imidazole rings is 1. The van der Waals surface area contributed by atoms with Gasteiger partial charge in [-0.25, -0.2) is 9.97 Å². The topological polar surface area (TPSA) is 43.6 Å². The van der Waals surface area contributed by atoms with Crippen molar-refractivity contribution in [1.29, 1.82) is 0 Å². The Morgan fingerprint density at radius 3 is 2.78 bits per heavy atom. The van der Waals surface area contributed by atoms with E-state index in [0.717, 1.165) is 17.2 Å². The molecule has 0 aliphatic rings. The van der Waals surface area contributed by atoms with Crippen molar-refractivity contribution in [2.45, 2.75) is 6.92 Å². The first kappa shape index (κ1) is 10.7. The molecule has 0 amide bonds. The molecule has 88 valence electrons. The summed E-state index contributed by atoms with van der Waals surface area (Å²) < 4.78 is 1.96. The maximum absolute atomic E-state index is 4.38. The second-order valence-corrected chi connectivity index (χ2v) is 4.05. The van der Waals surface area contributed by atoms with Crippen molar-refractivity contribution in [1.82, 2.24) is 19.5 Å². The molecule has 0 radical (unpaired) electrons. The van der Waals surface area contributed by atoms with Crippen molar-refractivity contribution in [2.24, 2.45) is 0 Å². The van der Waals surface area contributed by atoms with Crippen molar-refractivity contribution in [3.8, 4) is 17.2 Å². The number of hydrogen-bond acceptors (Lipinski definition) is 3. The molecule has 18 heavy (non-hydrogen) atoms. The summed E-state index contributed by atoms with van der Waals surface area (Å²) in [5, 5.41) is 0. The maximum atomic E-state index is 4.38. The van der Waals surface area contributed by atoms with Crippen LogP contribution in [0.15, 0.2) is 55.2 Å². The molecule has 0 bridgehead atoms. The van der Waals surface area contributed by atoms with Crippen LogP contribution in [0.2, 0.25) is 0 Å². The first-order valence-electron chi connectivity index (χ1n) is 5.71. The Morgan fingerprint density at radius 1 is 1.06 bits per heavy atom. The van der Waals surface area contributed by atoms with Crippen LogP contribution >= 0.6 is 0 Å². The fourth-order valence-electron chi connectivity index (χ4n) is 1.85. The van der Waals surface area contributed by atoms with E-state index < -0.39 is 0 Å². The quantitative estimate of drug-likeness (QED) is 0.687. The van der Waals surface area contributed by atoms with E-state index in [1.54, 1.807) is 24.8 Å². The van der Waals surface area contributed by atoms with Gasteiger partial charge in [0.2, 0.25) is 0 Å². The highest BCUT2D eigenvalue weighted by atomic mass is 15.1. The largest absolute Gasteiger partial charge is 0.284 e. The Hall–Kier alpha value is -2.49. The van der Waals surface area contributed by atoms with Gasteiger partial charge in [-0.3, -0.25) is 9.55 Å². The van der Waals surface area contributed by atoms with E-state index in [-0.39, 0.29) is 0 Å². The third-order valence-corrected chi connectivity index (χ3v) is 2.71. The fraction of sp³-hybridized carbons (Fsp3) is 0.0714. The zero-order valence-electron chi connectivity index (χ0n) is 9.99. The minimum atomic E-state index is 0.848. The lowest BCUT2D eigenvalue weighted by Gasteiger charge is -2.07. The summed E-state index contributed by atoms with van der Waals surface area (Å²) in [7, 11) is 0. The number of rotatable bonds is 2. The summed E-state index contributed by atoms with van der Waals surface area (Å²) >= 11 is 0. The molecular formula is C14H12N4. The lowest BCUT2D eigenvalue weighted by molar-refractivity contribution is 0.995. The van der Waals surface area contributed by atoms with Gasteiger partial charge in [0, 0.05) is 36.5 Å². The first-order valence-corrected chi connectivity index (χ1v) is 5.71. The monoisotopic (exact) mass is 236 g/mol.